The summed E-state index contributed by atoms with van der Waals surface area (Å²) in [4.78, 5) is 24.3. The van der Waals surface area contributed by atoms with Crippen molar-refractivity contribution in [1.29, 1.82) is 0 Å². The predicted octanol–water partition coefficient (Wildman–Crippen LogP) is 2.75. The Kier molecular flexibility index (Phi) is 4.35. The van der Waals surface area contributed by atoms with Gasteiger partial charge in [-0.05, 0) is 50.3 Å². The summed E-state index contributed by atoms with van der Waals surface area (Å²) < 4.78 is 29.9. The fraction of sp³-hybridized carbons (Fsp3) is 0.391. The number of nitrogens with zero attached hydrogens (tertiary/aromatic N) is 4. The lowest BCUT2D eigenvalue weighted by Crippen LogP contribution is -2.36. The molecule has 1 saturated carbocycles. The number of aromatic amines is 1. The molecule has 10 nitrogen and oxygen atoms in total. The topological polar surface area (TPSA) is 129 Å². The van der Waals surface area contributed by atoms with Gasteiger partial charge in [0.25, 0.3) is 5.91 Å². The standard InChI is InChI=1S/C23H27N7O3/c1-23(32)7-4-14(5-8-23)27-22-28-19-18(21(29-22)33-3)15(11-25-19)13-6-9-30-17(10-13)16(12-26-30)20(31)24-2/h6,9-12,14,32H,4-5,7-8H2,1-3H3,(H,24,31)(H2,25,27,28,29)/i3D3. The van der Waals surface area contributed by atoms with Crippen LogP contribution in [0.4, 0.5) is 5.95 Å². The van der Waals surface area contributed by atoms with Gasteiger partial charge in [-0.2, -0.15) is 15.1 Å². The molecule has 10 heteroatoms. The molecule has 1 aliphatic carbocycles. The Bertz CT molecular complexity index is 1430. The second-order valence-electron chi connectivity index (χ2n) is 8.68. The second kappa shape index (κ2) is 8.04. The van der Waals surface area contributed by atoms with Gasteiger partial charge in [0.05, 0.1) is 39.4 Å². The molecule has 0 bridgehead atoms. The maximum atomic E-state index is 12.3. The molecule has 0 radical (unpaired) electrons. The number of H-pyrrole nitrogens is 1. The third-order valence-corrected chi connectivity index (χ3v) is 6.30. The number of pyridine rings is 1. The molecule has 4 aromatic heterocycles. The first-order chi connectivity index (χ1) is 17.0. The Morgan fingerprint density at radius 2 is 2.21 bits per heavy atom. The summed E-state index contributed by atoms with van der Waals surface area (Å²) >= 11 is 0. The number of hydrogen-bond donors (Lipinski definition) is 4. The first kappa shape index (κ1) is 17.8. The van der Waals surface area contributed by atoms with Crippen molar-refractivity contribution in [3.63, 3.8) is 0 Å². The highest BCUT2D eigenvalue weighted by atomic mass is 16.5. The Labute approximate surface area is 194 Å². The molecule has 5 rings (SSSR count). The Morgan fingerprint density at radius 1 is 1.39 bits per heavy atom. The summed E-state index contributed by atoms with van der Waals surface area (Å²) in [6.45, 7) is 1.83. The molecule has 1 aliphatic rings. The number of aromatic nitrogens is 5. The van der Waals surface area contributed by atoms with Gasteiger partial charge in [-0.3, -0.25) is 4.79 Å². The lowest BCUT2D eigenvalue weighted by molar-refractivity contribution is 0.0195. The highest BCUT2D eigenvalue weighted by Crippen LogP contribution is 2.36. The number of aliphatic hydroxyl groups is 1. The van der Waals surface area contributed by atoms with Crippen LogP contribution in [0.2, 0.25) is 0 Å². The number of amides is 1. The number of fused-ring (bicyclic) bond motifs is 2. The number of rotatable bonds is 5. The number of nitrogens with one attached hydrogen (secondary N) is 3. The van der Waals surface area contributed by atoms with Crippen LogP contribution in [0.5, 0.6) is 5.88 Å². The molecule has 1 fully saturated rings. The normalized spacial score (nSPS) is 22.5. The second-order valence-corrected chi connectivity index (χ2v) is 8.68. The number of carbonyl (C=O) groups is 1. The predicted molar refractivity (Wildman–Crippen MR) is 125 cm³/mol. The molecule has 4 aromatic rings. The molecule has 0 aliphatic heterocycles. The molecule has 0 spiro atoms. The van der Waals surface area contributed by atoms with Crippen LogP contribution in [0.15, 0.2) is 30.7 Å². The maximum absolute atomic E-state index is 12.3. The first-order valence-electron chi connectivity index (χ1n) is 12.3. The van der Waals surface area contributed by atoms with E-state index in [0.717, 1.165) is 12.8 Å². The summed E-state index contributed by atoms with van der Waals surface area (Å²) in [6, 6.07) is 3.64. The van der Waals surface area contributed by atoms with Crippen LogP contribution in [0, 0.1) is 0 Å². The number of methoxy groups -OCH3 is 1. The van der Waals surface area contributed by atoms with Crippen LogP contribution in [-0.4, -0.2) is 61.3 Å². The van der Waals surface area contributed by atoms with Crippen molar-refractivity contribution in [3.8, 4) is 17.0 Å². The molecule has 0 atom stereocenters. The zero-order valence-electron chi connectivity index (χ0n) is 21.3. The van der Waals surface area contributed by atoms with E-state index in [4.69, 9.17) is 8.85 Å². The van der Waals surface area contributed by atoms with Gasteiger partial charge in [0.15, 0.2) is 0 Å². The first-order valence-corrected chi connectivity index (χ1v) is 10.8. The van der Waals surface area contributed by atoms with E-state index in [9.17, 15) is 9.90 Å². The van der Waals surface area contributed by atoms with Crippen molar-refractivity contribution in [3.05, 3.63) is 36.3 Å². The molecule has 4 heterocycles. The SMILES string of the molecule is [2H]C([2H])([2H])Oc1nc(NC2CCC(C)(O)CC2)nc2[nH]cc(-c3ccn4ncc(C(=O)NC)c4c3)c12. The molecule has 4 N–H and O–H groups in total. The molecule has 0 aromatic carbocycles. The van der Waals surface area contributed by atoms with E-state index in [1.807, 2.05) is 6.92 Å². The van der Waals surface area contributed by atoms with E-state index in [1.165, 1.54) is 6.20 Å². The quantitative estimate of drug-likeness (QED) is 0.366. The summed E-state index contributed by atoms with van der Waals surface area (Å²) in [5.41, 5.74) is 2.05. The third-order valence-electron chi connectivity index (χ3n) is 6.30. The van der Waals surface area contributed by atoms with E-state index in [0.29, 0.717) is 46.1 Å². The fourth-order valence-corrected chi connectivity index (χ4v) is 4.39. The summed E-state index contributed by atoms with van der Waals surface area (Å²) in [7, 11) is -1.18. The zero-order valence-corrected chi connectivity index (χ0v) is 18.3. The van der Waals surface area contributed by atoms with Crippen LogP contribution in [0.25, 0.3) is 27.7 Å². The Morgan fingerprint density at radius 3 is 2.97 bits per heavy atom. The minimum Gasteiger partial charge on any atom is -0.480 e. The van der Waals surface area contributed by atoms with Crippen molar-refractivity contribution < 1.29 is 18.8 Å². The monoisotopic (exact) mass is 452 g/mol. The lowest BCUT2D eigenvalue weighted by Gasteiger charge is -2.33. The third kappa shape index (κ3) is 3.86. The Hall–Kier alpha value is -3.66. The number of carbonyl (C=O) groups excluding carboxylic acids is 1. The van der Waals surface area contributed by atoms with E-state index in [2.05, 4.69) is 30.7 Å². The van der Waals surface area contributed by atoms with Crippen LogP contribution < -0.4 is 15.4 Å². The molecule has 0 saturated heterocycles. The van der Waals surface area contributed by atoms with Crippen LogP contribution in [-0.2, 0) is 0 Å². The van der Waals surface area contributed by atoms with Gasteiger partial charge in [-0.1, -0.05) is 0 Å². The molecular weight excluding hydrogens is 422 g/mol. The Balaban J connectivity index is 1.56. The van der Waals surface area contributed by atoms with Gasteiger partial charge in [0, 0.05) is 31.0 Å². The van der Waals surface area contributed by atoms with Gasteiger partial charge in [0.1, 0.15) is 5.65 Å². The van der Waals surface area contributed by atoms with Crippen LogP contribution >= 0.6 is 0 Å². The smallest absolute Gasteiger partial charge is 0.254 e. The van der Waals surface area contributed by atoms with Crippen molar-refractivity contribution in [2.45, 2.75) is 44.2 Å². The van der Waals surface area contributed by atoms with Crippen LogP contribution in [0.3, 0.4) is 0 Å². The zero-order chi connectivity index (χ0) is 25.7. The molecular formula is C23H27N7O3. The number of anilines is 1. The minimum atomic E-state index is -2.72. The van der Waals surface area contributed by atoms with Crippen molar-refractivity contribution in [1.82, 2.24) is 29.9 Å². The fourth-order valence-electron chi connectivity index (χ4n) is 4.39. The molecule has 172 valence electrons. The number of hydrogen-bond acceptors (Lipinski definition) is 7. The van der Waals surface area contributed by atoms with Crippen molar-refractivity contribution in [2.24, 2.45) is 0 Å². The van der Waals surface area contributed by atoms with Gasteiger partial charge >= 0.3 is 0 Å². The molecule has 1 amide bonds. The maximum Gasteiger partial charge on any atom is 0.254 e. The van der Waals surface area contributed by atoms with E-state index >= 15 is 0 Å². The van der Waals surface area contributed by atoms with Crippen molar-refractivity contribution in [2.75, 3.05) is 19.4 Å². The van der Waals surface area contributed by atoms with E-state index in [1.54, 1.807) is 36.1 Å². The van der Waals surface area contributed by atoms with Crippen LogP contribution in [0.1, 0.15) is 47.1 Å². The highest BCUT2D eigenvalue weighted by molar-refractivity contribution is 6.02. The van der Waals surface area contributed by atoms with Crippen molar-refractivity contribution >= 4 is 28.4 Å². The average molecular weight is 453 g/mol. The van der Waals surface area contributed by atoms with Gasteiger partial charge < -0.3 is 25.5 Å². The van der Waals surface area contributed by atoms with Gasteiger partial charge in [0.2, 0.25) is 11.8 Å². The molecule has 33 heavy (non-hydrogen) atoms. The van der Waals surface area contributed by atoms with E-state index in [-0.39, 0.29) is 23.8 Å². The highest BCUT2D eigenvalue weighted by Gasteiger charge is 2.29. The minimum absolute atomic E-state index is 0.0464. The molecule has 0 unspecified atom stereocenters. The average Bonchev–Trinajstić information content (AvgIpc) is 3.43. The summed E-state index contributed by atoms with van der Waals surface area (Å²) in [5, 5.41) is 20.7. The van der Waals surface area contributed by atoms with E-state index < -0.39 is 12.6 Å². The summed E-state index contributed by atoms with van der Waals surface area (Å²) in [5.74, 6) is -0.105. The number of ether oxygens (including phenoxy) is 1. The lowest BCUT2D eigenvalue weighted by atomic mass is 9.84. The van der Waals surface area contributed by atoms with Gasteiger partial charge in [-0.25, -0.2) is 4.52 Å². The van der Waals surface area contributed by atoms with Gasteiger partial charge in [-0.15, -0.1) is 0 Å². The summed E-state index contributed by atoms with van der Waals surface area (Å²) in [6.07, 6.45) is 7.67. The largest absolute Gasteiger partial charge is 0.480 e.